The number of benzene rings is 3. The van der Waals surface area contributed by atoms with Crippen LogP contribution in [0.3, 0.4) is 0 Å². The number of anilines is 1. The molecule has 0 radical (unpaired) electrons. The summed E-state index contributed by atoms with van der Waals surface area (Å²) in [6, 6.07) is 10.3. The number of carbonyl (C=O) groups excluding carboxylic acids is 1. The van der Waals surface area contributed by atoms with Crippen LogP contribution in [0.1, 0.15) is 48.6 Å². The highest BCUT2D eigenvalue weighted by molar-refractivity contribution is 7.10. The van der Waals surface area contributed by atoms with E-state index in [1.807, 2.05) is 24.3 Å². The van der Waals surface area contributed by atoms with Gasteiger partial charge in [-0.05, 0) is 81.8 Å². The predicted molar refractivity (Wildman–Crippen MR) is 157 cm³/mol. The van der Waals surface area contributed by atoms with E-state index >= 15 is 0 Å². The Morgan fingerprint density at radius 3 is 1.90 bits per heavy atom. The molecule has 0 saturated carbocycles. The minimum atomic E-state index is -0.196. The Morgan fingerprint density at radius 1 is 0.821 bits per heavy atom. The smallest absolute Gasteiger partial charge is 0.162 e. The van der Waals surface area contributed by atoms with Crippen molar-refractivity contribution in [3.05, 3.63) is 63.0 Å². The second-order valence-corrected chi connectivity index (χ2v) is 12.1. The van der Waals surface area contributed by atoms with Gasteiger partial charge < -0.3 is 24.3 Å². The summed E-state index contributed by atoms with van der Waals surface area (Å²) in [5.74, 6) is 2.60. The number of hydrogen-bond acceptors (Lipinski definition) is 7. The van der Waals surface area contributed by atoms with Gasteiger partial charge in [0.25, 0.3) is 0 Å². The zero-order valence-electron chi connectivity index (χ0n) is 23.4. The van der Waals surface area contributed by atoms with Gasteiger partial charge in [-0.25, -0.2) is 0 Å². The van der Waals surface area contributed by atoms with Crippen LogP contribution in [0.5, 0.6) is 23.0 Å². The van der Waals surface area contributed by atoms with Gasteiger partial charge in [0, 0.05) is 28.0 Å². The van der Waals surface area contributed by atoms with Crippen LogP contribution >= 0.6 is 11.3 Å². The van der Waals surface area contributed by atoms with Crippen molar-refractivity contribution in [2.45, 2.75) is 39.5 Å². The van der Waals surface area contributed by atoms with E-state index in [0.717, 1.165) is 50.5 Å². The molecule has 0 bridgehead atoms. The van der Waals surface area contributed by atoms with Crippen LogP contribution in [0, 0.1) is 12.3 Å². The van der Waals surface area contributed by atoms with E-state index in [4.69, 9.17) is 18.9 Å². The van der Waals surface area contributed by atoms with Gasteiger partial charge in [-0.3, -0.25) is 4.79 Å². The third-order valence-electron chi connectivity index (χ3n) is 8.10. The summed E-state index contributed by atoms with van der Waals surface area (Å²) in [7, 11) is 6.60. The maximum Gasteiger partial charge on any atom is 0.162 e. The molecule has 0 fully saturated rings. The minimum absolute atomic E-state index is 0.125. The summed E-state index contributed by atoms with van der Waals surface area (Å²) in [6.45, 7) is 6.47. The van der Waals surface area contributed by atoms with E-state index in [0.29, 0.717) is 29.4 Å². The maximum absolute atomic E-state index is 13.9. The number of nitrogens with one attached hydrogen (secondary N) is 1. The number of allylic oxidation sites excluding steroid dienone is 2. The van der Waals surface area contributed by atoms with Crippen molar-refractivity contribution in [2.24, 2.45) is 5.41 Å². The second kappa shape index (κ2) is 9.19. The molecule has 7 heteroatoms. The number of methoxy groups -OCH3 is 4. The molecule has 1 N–H and O–H groups in total. The van der Waals surface area contributed by atoms with E-state index in [9.17, 15) is 4.79 Å². The van der Waals surface area contributed by atoms with Gasteiger partial charge in [0.2, 0.25) is 0 Å². The van der Waals surface area contributed by atoms with E-state index in [1.54, 1.807) is 39.8 Å². The van der Waals surface area contributed by atoms with Crippen molar-refractivity contribution in [1.29, 1.82) is 0 Å². The maximum atomic E-state index is 13.9. The molecule has 39 heavy (non-hydrogen) atoms. The molecule has 0 saturated heterocycles. The number of rotatable bonds is 5. The van der Waals surface area contributed by atoms with Crippen LogP contribution < -0.4 is 24.3 Å². The molecule has 6 nitrogen and oxygen atoms in total. The highest BCUT2D eigenvalue weighted by atomic mass is 32.1. The Kier molecular flexibility index (Phi) is 6.03. The number of Topliss-reactive ketones (excluding diaryl/α,β-unsaturated/α-hetero) is 1. The van der Waals surface area contributed by atoms with E-state index in [-0.39, 0.29) is 17.1 Å². The average Bonchev–Trinajstić information content (AvgIpc) is 3.34. The lowest BCUT2D eigenvalue weighted by Gasteiger charge is -2.40. The molecule has 1 aliphatic heterocycles. The molecular weight excluding hydrogens is 510 g/mol. The Balaban J connectivity index is 1.81. The van der Waals surface area contributed by atoms with E-state index < -0.39 is 0 Å². The summed E-state index contributed by atoms with van der Waals surface area (Å²) >= 11 is 1.71. The molecule has 1 unspecified atom stereocenters. The van der Waals surface area contributed by atoms with Crippen molar-refractivity contribution in [1.82, 2.24) is 0 Å². The largest absolute Gasteiger partial charge is 0.493 e. The van der Waals surface area contributed by atoms with Crippen LogP contribution in [0.2, 0.25) is 0 Å². The lowest BCUT2D eigenvalue weighted by Crippen LogP contribution is -2.34. The fraction of sp³-hybridized carbons (Fsp3) is 0.344. The molecule has 4 aromatic rings. The van der Waals surface area contributed by atoms with Gasteiger partial charge >= 0.3 is 0 Å². The van der Waals surface area contributed by atoms with Crippen molar-refractivity contribution in [3.63, 3.8) is 0 Å². The number of hydrogen-bond donors (Lipinski definition) is 1. The number of aryl methyl sites for hydroxylation is 1. The fourth-order valence-electron chi connectivity index (χ4n) is 6.37. The first-order valence-electron chi connectivity index (χ1n) is 13.1. The van der Waals surface area contributed by atoms with E-state index in [1.165, 1.54) is 10.4 Å². The monoisotopic (exact) mass is 543 g/mol. The summed E-state index contributed by atoms with van der Waals surface area (Å²) in [6.07, 6.45) is 1.32. The predicted octanol–water partition coefficient (Wildman–Crippen LogP) is 7.60. The molecule has 202 valence electrons. The molecule has 6 rings (SSSR count). The molecule has 0 spiro atoms. The number of ketones is 1. The Labute approximate surface area is 232 Å². The number of carbonyl (C=O) groups is 1. The van der Waals surface area contributed by atoms with Gasteiger partial charge in [-0.15, -0.1) is 11.3 Å². The number of fused-ring (bicyclic) bond motifs is 6. The van der Waals surface area contributed by atoms with Crippen LogP contribution in [0.15, 0.2) is 47.0 Å². The van der Waals surface area contributed by atoms with Crippen LogP contribution in [0.4, 0.5) is 5.69 Å². The van der Waals surface area contributed by atoms with Crippen LogP contribution in [0.25, 0.3) is 21.5 Å². The van der Waals surface area contributed by atoms with Gasteiger partial charge in [-0.1, -0.05) is 13.8 Å². The first-order chi connectivity index (χ1) is 18.7. The Hall–Kier alpha value is -3.71. The van der Waals surface area contributed by atoms with Crippen molar-refractivity contribution in [2.75, 3.05) is 33.8 Å². The molecule has 1 atom stereocenters. The normalized spacial score (nSPS) is 18.0. The van der Waals surface area contributed by atoms with Crippen molar-refractivity contribution >= 4 is 44.4 Å². The summed E-state index contributed by atoms with van der Waals surface area (Å²) < 4.78 is 22.9. The summed E-state index contributed by atoms with van der Waals surface area (Å²) in [4.78, 5) is 15.1. The molecule has 2 heterocycles. The lowest BCUT2D eigenvalue weighted by atomic mass is 9.68. The van der Waals surface area contributed by atoms with Gasteiger partial charge in [-0.2, -0.15) is 0 Å². The zero-order valence-corrected chi connectivity index (χ0v) is 24.2. The second-order valence-electron chi connectivity index (χ2n) is 11.2. The minimum Gasteiger partial charge on any atom is -0.493 e. The third kappa shape index (κ3) is 3.86. The van der Waals surface area contributed by atoms with Gasteiger partial charge in [0.1, 0.15) is 0 Å². The zero-order chi connectivity index (χ0) is 27.6. The molecule has 1 aromatic heterocycles. The van der Waals surface area contributed by atoms with Crippen LogP contribution in [-0.2, 0) is 4.79 Å². The molecular formula is C32H33NO5S. The first-order valence-corrected chi connectivity index (χ1v) is 13.9. The quantitative estimate of drug-likeness (QED) is 0.262. The highest BCUT2D eigenvalue weighted by Crippen LogP contribution is 2.56. The molecule has 2 aliphatic rings. The molecule has 0 amide bonds. The van der Waals surface area contributed by atoms with Gasteiger partial charge in [0.05, 0.1) is 40.0 Å². The summed E-state index contributed by atoms with van der Waals surface area (Å²) in [5.41, 5.74) is 5.01. The number of ether oxygens (including phenoxy) is 4. The topological polar surface area (TPSA) is 66.0 Å². The fourth-order valence-corrected chi connectivity index (χ4v) is 7.41. The standard InChI is InChI=1S/C32H33NO5S/c1-16-8-9-39-31(16)29-27-19-12-25(37-6)23(35-4)10-17(19)18-11-24(36-5)26(38-7)13-20(18)30(27)33-21-14-32(2,3)15-22(34)28(21)29/h8-13,29,33H,14-15H2,1-7H3. The SMILES string of the molecule is COc1cc2c3c(c4cc(OC)c(OC)cc4c2cc1OC)C(c1sccc1C)C1=C(CC(C)(C)CC1=O)N3. The Morgan fingerprint density at radius 2 is 1.36 bits per heavy atom. The first kappa shape index (κ1) is 25.6. The van der Waals surface area contributed by atoms with Gasteiger partial charge in [0.15, 0.2) is 28.8 Å². The number of thiophene rings is 1. The molecule has 1 aliphatic carbocycles. The Bertz CT molecular complexity index is 1700. The lowest BCUT2D eigenvalue weighted by molar-refractivity contribution is -0.118. The van der Waals surface area contributed by atoms with Crippen molar-refractivity contribution < 1.29 is 23.7 Å². The summed E-state index contributed by atoms with van der Waals surface area (Å²) in [5, 5.41) is 9.91. The average molecular weight is 544 g/mol. The van der Waals surface area contributed by atoms with Crippen molar-refractivity contribution in [3.8, 4) is 23.0 Å². The van der Waals surface area contributed by atoms with E-state index in [2.05, 4.69) is 37.5 Å². The highest BCUT2D eigenvalue weighted by Gasteiger charge is 2.43. The van der Waals surface area contributed by atoms with Crippen LogP contribution in [-0.4, -0.2) is 34.2 Å². The molecule has 3 aromatic carbocycles. The third-order valence-corrected chi connectivity index (χ3v) is 9.19.